The maximum Gasteiger partial charge on any atom is 0.279 e. The third kappa shape index (κ3) is 6.29. The molecule has 0 saturated carbocycles. The number of benzene rings is 2. The summed E-state index contributed by atoms with van der Waals surface area (Å²) in [4.78, 5) is 27.6. The smallest absolute Gasteiger partial charge is 0.279 e. The van der Waals surface area contributed by atoms with Crippen molar-refractivity contribution < 1.29 is 23.6 Å². The number of carbonyl (C=O) groups is 2. The maximum atomic E-state index is 13.9. The van der Waals surface area contributed by atoms with Gasteiger partial charge in [-0.1, -0.05) is 0 Å². The summed E-state index contributed by atoms with van der Waals surface area (Å²) in [6, 6.07) is 11.8. The van der Waals surface area contributed by atoms with Crippen LogP contribution < -0.4 is 15.0 Å². The fraction of sp³-hybridized carbons (Fsp3) is 0.391. The number of halogens is 1. The number of methoxy groups -OCH3 is 1. The van der Waals surface area contributed by atoms with Gasteiger partial charge in [0.1, 0.15) is 6.54 Å². The molecule has 0 saturated heterocycles. The van der Waals surface area contributed by atoms with Crippen molar-refractivity contribution in [3.8, 4) is 5.75 Å². The number of rotatable bonds is 10. The first-order valence-electron chi connectivity index (χ1n) is 10.3. The minimum absolute atomic E-state index is 0.0220. The SMILES string of the molecule is CCN(CC)C(=O)c1ccc(NC(=O)C[NH+](CC)Cc2ccc(OC)c(F)c2)cc1. The van der Waals surface area contributed by atoms with Crippen LogP contribution in [0.1, 0.15) is 36.7 Å². The molecule has 0 aliphatic carbocycles. The van der Waals surface area contributed by atoms with Gasteiger partial charge in [0.15, 0.2) is 18.1 Å². The van der Waals surface area contributed by atoms with Crippen LogP contribution in [0.2, 0.25) is 0 Å². The lowest BCUT2D eigenvalue weighted by Gasteiger charge is -2.19. The number of hydrogen-bond acceptors (Lipinski definition) is 3. The Balaban J connectivity index is 1.95. The summed E-state index contributed by atoms with van der Waals surface area (Å²) in [7, 11) is 1.43. The maximum absolute atomic E-state index is 13.9. The van der Waals surface area contributed by atoms with Crippen LogP contribution in [-0.2, 0) is 11.3 Å². The summed E-state index contributed by atoms with van der Waals surface area (Å²) >= 11 is 0. The van der Waals surface area contributed by atoms with Gasteiger partial charge in [-0.2, -0.15) is 0 Å². The molecule has 6 nitrogen and oxygen atoms in total. The van der Waals surface area contributed by atoms with E-state index in [2.05, 4.69) is 5.32 Å². The van der Waals surface area contributed by atoms with E-state index >= 15 is 0 Å². The fourth-order valence-electron chi connectivity index (χ4n) is 3.24. The number of likely N-dealkylation sites (N-methyl/N-ethyl adjacent to an activating group) is 1. The molecule has 2 aromatic rings. The molecule has 2 N–H and O–H groups in total. The van der Waals surface area contributed by atoms with Gasteiger partial charge < -0.3 is 19.9 Å². The van der Waals surface area contributed by atoms with Gasteiger partial charge in [-0.3, -0.25) is 9.59 Å². The Hall–Kier alpha value is -2.93. The molecule has 0 heterocycles. The van der Waals surface area contributed by atoms with Crippen molar-refractivity contribution in [1.29, 1.82) is 0 Å². The zero-order valence-corrected chi connectivity index (χ0v) is 18.1. The average Bonchev–Trinajstić information content (AvgIpc) is 2.74. The summed E-state index contributed by atoms with van der Waals surface area (Å²) in [5.41, 5.74) is 2.04. The molecule has 0 aliphatic heterocycles. The van der Waals surface area contributed by atoms with Crippen LogP contribution in [0.25, 0.3) is 0 Å². The number of nitrogens with zero attached hydrogens (tertiary/aromatic N) is 1. The van der Waals surface area contributed by atoms with Crippen LogP contribution in [0.15, 0.2) is 42.5 Å². The predicted molar refractivity (Wildman–Crippen MR) is 115 cm³/mol. The first-order valence-corrected chi connectivity index (χ1v) is 10.3. The zero-order valence-electron chi connectivity index (χ0n) is 18.1. The number of amides is 2. The third-order valence-corrected chi connectivity index (χ3v) is 5.05. The Kier molecular flexibility index (Phi) is 8.80. The van der Waals surface area contributed by atoms with Crippen LogP contribution in [0.5, 0.6) is 5.75 Å². The third-order valence-electron chi connectivity index (χ3n) is 5.05. The molecule has 2 amide bonds. The molecule has 0 aliphatic rings. The van der Waals surface area contributed by atoms with Gasteiger partial charge >= 0.3 is 0 Å². The molecular formula is C23H31FN3O3+. The highest BCUT2D eigenvalue weighted by Gasteiger charge is 2.16. The molecule has 30 heavy (non-hydrogen) atoms. The first kappa shape index (κ1) is 23.3. The van der Waals surface area contributed by atoms with Crippen molar-refractivity contribution in [1.82, 2.24) is 4.90 Å². The molecule has 0 aromatic heterocycles. The van der Waals surface area contributed by atoms with E-state index < -0.39 is 5.82 Å². The Morgan fingerprint density at radius 1 is 1.07 bits per heavy atom. The zero-order chi connectivity index (χ0) is 22.1. The van der Waals surface area contributed by atoms with Gasteiger partial charge in [0.05, 0.1) is 13.7 Å². The Bertz CT molecular complexity index is 851. The van der Waals surface area contributed by atoms with E-state index in [0.717, 1.165) is 17.0 Å². The second-order valence-electron chi connectivity index (χ2n) is 7.03. The van der Waals surface area contributed by atoms with E-state index in [1.54, 1.807) is 41.3 Å². The molecule has 0 spiro atoms. The van der Waals surface area contributed by atoms with Crippen molar-refractivity contribution in [2.24, 2.45) is 0 Å². The highest BCUT2D eigenvalue weighted by molar-refractivity contribution is 5.96. The summed E-state index contributed by atoms with van der Waals surface area (Å²) in [5.74, 6) is -0.360. The van der Waals surface area contributed by atoms with Gasteiger partial charge in [0, 0.05) is 29.9 Å². The Morgan fingerprint density at radius 3 is 2.27 bits per heavy atom. The van der Waals surface area contributed by atoms with Crippen LogP contribution in [0.3, 0.4) is 0 Å². The molecule has 7 heteroatoms. The number of carbonyl (C=O) groups excluding carboxylic acids is 2. The molecule has 1 atom stereocenters. The number of nitrogens with one attached hydrogen (secondary N) is 2. The Labute approximate surface area is 177 Å². The normalized spacial score (nSPS) is 11.6. The summed E-state index contributed by atoms with van der Waals surface area (Å²) in [6.45, 7) is 8.68. The number of ether oxygens (including phenoxy) is 1. The number of quaternary nitrogens is 1. The van der Waals surface area contributed by atoms with Gasteiger partial charge in [-0.15, -0.1) is 0 Å². The van der Waals surface area contributed by atoms with Crippen molar-refractivity contribution in [2.75, 3.05) is 38.6 Å². The number of hydrogen-bond donors (Lipinski definition) is 2. The Morgan fingerprint density at radius 2 is 1.73 bits per heavy atom. The van der Waals surface area contributed by atoms with Crippen LogP contribution in [0, 0.1) is 5.82 Å². The van der Waals surface area contributed by atoms with Crippen molar-refractivity contribution in [3.63, 3.8) is 0 Å². The molecule has 0 radical (unpaired) electrons. The van der Waals surface area contributed by atoms with E-state index in [9.17, 15) is 14.0 Å². The summed E-state index contributed by atoms with van der Waals surface area (Å²) < 4.78 is 18.8. The van der Waals surface area contributed by atoms with E-state index in [4.69, 9.17) is 4.74 Å². The van der Waals surface area contributed by atoms with E-state index in [-0.39, 0.29) is 24.1 Å². The lowest BCUT2D eigenvalue weighted by Crippen LogP contribution is -3.11. The second-order valence-corrected chi connectivity index (χ2v) is 7.03. The standard InChI is InChI=1S/C23H30FN3O3/c1-5-26(15-17-8-13-21(30-4)20(24)14-17)16-22(28)25-19-11-9-18(10-12-19)23(29)27(6-2)7-3/h8-14H,5-7,15-16H2,1-4H3,(H,25,28)/p+1. The molecule has 0 fully saturated rings. The van der Waals surface area contributed by atoms with E-state index in [1.807, 2.05) is 20.8 Å². The van der Waals surface area contributed by atoms with Crippen molar-refractivity contribution in [3.05, 3.63) is 59.4 Å². The highest BCUT2D eigenvalue weighted by atomic mass is 19.1. The van der Waals surface area contributed by atoms with Crippen LogP contribution >= 0.6 is 0 Å². The van der Waals surface area contributed by atoms with Crippen LogP contribution in [0.4, 0.5) is 10.1 Å². The van der Waals surface area contributed by atoms with Crippen LogP contribution in [-0.4, -0.2) is 50.0 Å². The quantitative estimate of drug-likeness (QED) is 0.625. The molecule has 2 rings (SSSR count). The first-order chi connectivity index (χ1) is 14.4. The summed E-state index contributed by atoms with van der Waals surface area (Å²) in [5, 5.41) is 2.87. The highest BCUT2D eigenvalue weighted by Crippen LogP contribution is 2.17. The van der Waals surface area contributed by atoms with E-state index in [1.165, 1.54) is 13.2 Å². The fourth-order valence-corrected chi connectivity index (χ4v) is 3.24. The van der Waals surface area contributed by atoms with E-state index in [0.29, 0.717) is 30.9 Å². The monoisotopic (exact) mass is 416 g/mol. The molecule has 0 bridgehead atoms. The lowest BCUT2D eigenvalue weighted by atomic mass is 10.1. The predicted octanol–water partition coefficient (Wildman–Crippen LogP) is 2.36. The molecule has 1 unspecified atom stereocenters. The average molecular weight is 417 g/mol. The topological polar surface area (TPSA) is 63.1 Å². The molecule has 2 aromatic carbocycles. The van der Waals surface area contributed by atoms with Crippen molar-refractivity contribution >= 4 is 17.5 Å². The van der Waals surface area contributed by atoms with Gasteiger partial charge in [-0.05, 0) is 63.2 Å². The molecule has 162 valence electrons. The minimum atomic E-state index is -0.408. The summed E-state index contributed by atoms with van der Waals surface area (Å²) in [6.07, 6.45) is 0. The number of anilines is 1. The largest absolute Gasteiger partial charge is 0.494 e. The van der Waals surface area contributed by atoms with Gasteiger partial charge in [0.25, 0.3) is 11.8 Å². The second kappa shape index (κ2) is 11.3. The van der Waals surface area contributed by atoms with Gasteiger partial charge in [-0.25, -0.2) is 4.39 Å². The molecular weight excluding hydrogens is 385 g/mol. The lowest BCUT2D eigenvalue weighted by molar-refractivity contribution is -0.903. The minimum Gasteiger partial charge on any atom is -0.494 e. The van der Waals surface area contributed by atoms with Gasteiger partial charge in [0.2, 0.25) is 0 Å². The van der Waals surface area contributed by atoms with Crippen molar-refractivity contribution in [2.45, 2.75) is 27.3 Å².